The molecule has 1 aromatic carbocycles. The van der Waals surface area contributed by atoms with E-state index in [0.717, 1.165) is 47.8 Å². The number of carbonyl (C=O) groups excluding carboxylic acids is 1. The number of benzene rings is 1. The van der Waals surface area contributed by atoms with Crippen molar-refractivity contribution in [1.82, 2.24) is 5.06 Å². The lowest BCUT2D eigenvalue weighted by molar-refractivity contribution is -0.235. The van der Waals surface area contributed by atoms with E-state index < -0.39 is 15.7 Å². The van der Waals surface area contributed by atoms with Gasteiger partial charge in [-0.05, 0) is 63.1 Å². The van der Waals surface area contributed by atoms with Crippen LogP contribution in [-0.4, -0.2) is 38.3 Å². The first kappa shape index (κ1) is 19.9. The Morgan fingerprint density at radius 1 is 1.07 bits per heavy atom. The monoisotopic (exact) mass is 393 g/mol. The summed E-state index contributed by atoms with van der Waals surface area (Å²) in [5, 5.41) is 1.23. The smallest absolute Gasteiger partial charge is 0.306 e. The van der Waals surface area contributed by atoms with Crippen LogP contribution in [0.1, 0.15) is 54.4 Å². The average molecular weight is 394 g/mol. The van der Waals surface area contributed by atoms with Gasteiger partial charge < -0.3 is 4.18 Å². The molecule has 6 nitrogen and oxygen atoms in total. The van der Waals surface area contributed by atoms with Crippen molar-refractivity contribution in [3.63, 3.8) is 0 Å². The zero-order valence-corrected chi connectivity index (χ0v) is 17.4. The Hall–Kier alpha value is -1.86. The van der Waals surface area contributed by atoms with Crippen LogP contribution in [-0.2, 0) is 23.9 Å². The molecule has 1 spiro atoms. The molecule has 0 radical (unpaired) electrons. The van der Waals surface area contributed by atoms with Crippen LogP contribution in [0.2, 0.25) is 0 Å². The highest BCUT2D eigenvalue weighted by atomic mass is 32.2. The van der Waals surface area contributed by atoms with Gasteiger partial charge in [0, 0.05) is 7.05 Å². The third-order valence-electron chi connectivity index (χ3n) is 5.28. The predicted octanol–water partition coefficient (Wildman–Crippen LogP) is 3.41. The number of carbonyl (C=O) groups is 1. The second-order valence-electron chi connectivity index (χ2n) is 7.71. The van der Waals surface area contributed by atoms with E-state index in [0.29, 0.717) is 18.4 Å². The molecular weight excluding hydrogens is 366 g/mol. The van der Waals surface area contributed by atoms with Crippen molar-refractivity contribution < 1.29 is 22.2 Å². The number of nitrogens with zero attached hydrogens (tertiary/aromatic N) is 1. The average Bonchev–Trinajstić information content (AvgIpc) is 2.54. The highest BCUT2D eigenvalue weighted by Gasteiger charge is 2.50. The van der Waals surface area contributed by atoms with E-state index in [4.69, 9.17) is 9.02 Å². The second kappa shape index (κ2) is 6.95. The summed E-state index contributed by atoms with van der Waals surface area (Å²) in [7, 11) is -2.25. The summed E-state index contributed by atoms with van der Waals surface area (Å²) in [6.45, 7) is 5.85. The Morgan fingerprint density at radius 3 is 2.15 bits per heavy atom. The quantitative estimate of drug-likeness (QED) is 0.736. The number of hydrogen-bond acceptors (Lipinski definition) is 5. The molecule has 1 aromatic rings. The molecule has 0 unspecified atom stereocenters. The Balaban J connectivity index is 2.34. The van der Waals surface area contributed by atoms with Gasteiger partial charge in [0.15, 0.2) is 11.4 Å². The van der Waals surface area contributed by atoms with Crippen LogP contribution in [0, 0.1) is 20.8 Å². The van der Waals surface area contributed by atoms with Gasteiger partial charge in [0.25, 0.3) is 5.91 Å². The fraction of sp³-hybridized carbons (Fsp3) is 0.550. The molecule has 0 aromatic heterocycles. The summed E-state index contributed by atoms with van der Waals surface area (Å²) in [6, 6.07) is 3.98. The van der Waals surface area contributed by atoms with Gasteiger partial charge >= 0.3 is 10.1 Å². The summed E-state index contributed by atoms with van der Waals surface area (Å²) >= 11 is 0. The summed E-state index contributed by atoms with van der Waals surface area (Å²) < 4.78 is 29.6. The Kier molecular flexibility index (Phi) is 5.12. The van der Waals surface area contributed by atoms with Crippen LogP contribution in [0.3, 0.4) is 0 Å². The Bertz CT molecular complexity index is 887. The Labute approximate surface area is 161 Å². The van der Waals surface area contributed by atoms with E-state index in [1.165, 1.54) is 5.06 Å². The van der Waals surface area contributed by atoms with Crippen LogP contribution >= 0.6 is 0 Å². The minimum atomic E-state index is -3.82. The lowest BCUT2D eigenvalue weighted by Crippen LogP contribution is -2.50. The van der Waals surface area contributed by atoms with E-state index in [1.54, 1.807) is 7.05 Å². The van der Waals surface area contributed by atoms with E-state index >= 15 is 0 Å². The van der Waals surface area contributed by atoms with Crippen LogP contribution < -0.4 is 0 Å². The summed E-state index contributed by atoms with van der Waals surface area (Å²) in [5.41, 5.74) is 3.00. The molecule has 0 N–H and O–H groups in total. The molecular formula is C20H27NO5S. The van der Waals surface area contributed by atoms with Gasteiger partial charge in [-0.15, -0.1) is 0 Å². The van der Waals surface area contributed by atoms with Gasteiger partial charge in [-0.1, -0.05) is 24.1 Å². The van der Waals surface area contributed by atoms with Crippen molar-refractivity contribution >= 4 is 21.6 Å². The molecule has 1 amide bonds. The first-order valence-corrected chi connectivity index (χ1v) is 11.1. The Morgan fingerprint density at radius 2 is 1.63 bits per heavy atom. The number of rotatable bonds is 3. The second-order valence-corrected chi connectivity index (χ2v) is 9.29. The zero-order valence-electron chi connectivity index (χ0n) is 16.6. The fourth-order valence-corrected chi connectivity index (χ4v) is 4.87. The van der Waals surface area contributed by atoms with Gasteiger partial charge in [0.05, 0.1) is 11.8 Å². The highest BCUT2D eigenvalue weighted by molar-refractivity contribution is 7.86. The topological polar surface area (TPSA) is 72.9 Å². The van der Waals surface area contributed by atoms with Crippen molar-refractivity contribution in [3.8, 4) is 0 Å². The van der Waals surface area contributed by atoms with E-state index in [-0.39, 0.29) is 11.7 Å². The largest absolute Gasteiger partial charge is 0.383 e. The van der Waals surface area contributed by atoms with E-state index in [2.05, 4.69) is 0 Å². The number of hydroxylamine groups is 2. The van der Waals surface area contributed by atoms with Crippen LogP contribution in [0.5, 0.6) is 0 Å². The number of hydrogen-bond donors (Lipinski definition) is 0. The molecule has 0 saturated heterocycles. The zero-order chi connectivity index (χ0) is 20.0. The molecule has 3 rings (SSSR count). The van der Waals surface area contributed by atoms with Crippen molar-refractivity contribution in [2.75, 3.05) is 13.3 Å². The van der Waals surface area contributed by atoms with Crippen LogP contribution in [0.25, 0.3) is 5.57 Å². The predicted molar refractivity (Wildman–Crippen MR) is 103 cm³/mol. The first-order valence-electron chi connectivity index (χ1n) is 9.24. The molecule has 0 bridgehead atoms. The minimum absolute atomic E-state index is 0.142. The van der Waals surface area contributed by atoms with Gasteiger partial charge in [-0.2, -0.15) is 8.42 Å². The van der Waals surface area contributed by atoms with Crippen molar-refractivity contribution in [1.29, 1.82) is 0 Å². The van der Waals surface area contributed by atoms with Crippen molar-refractivity contribution in [2.24, 2.45) is 0 Å². The maximum absolute atomic E-state index is 13.1. The van der Waals surface area contributed by atoms with Gasteiger partial charge in [-0.25, -0.2) is 5.06 Å². The maximum atomic E-state index is 13.1. The molecule has 1 aliphatic heterocycles. The normalized spacial score (nSPS) is 20.3. The lowest BCUT2D eigenvalue weighted by Gasteiger charge is -2.44. The standard InChI is InChI=1S/C20H27NO5S/c1-13-11-14(2)16(15(3)12-13)17-18(25-27(5,23)24)20(9-7-6-8-10-20)26-21(4)19(17)22/h11-12H,6-10H2,1-5H3. The molecule has 1 fully saturated rings. The van der Waals surface area contributed by atoms with Gasteiger partial charge in [0.2, 0.25) is 0 Å². The molecule has 1 saturated carbocycles. The van der Waals surface area contributed by atoms with Crippen molar-refractivity contribution in [3.05, 3.63) is 40.1 Å². The maximum Gasteiger partial charge on any atom is 0.306 e. The van der Waals surface area contributed by atoms with Crippen molar-refractivity contribution in [2.45, 2.75) is 58.5 Å². The third kappa shape index (κ3) is 3.75. The summed E-state index contributed by atoms with van der Waals surface area (Å²) in [6.07, 6.45) is 5.06. The molecule has 27 heavy (non-hydrogen) atoms. The number of aryl methyl sites for hydroxylation is 3. The third-order valence-corrected chi connectivity index (χ3v) is 5.74. The minimum Gasteiger partial charge on any atom is -0.383 e. The van der Waals surface area contributed by atoms with E-state index in [1.807, 2.05) is 32.9 Å². The lowest BCUT2D eigenvalue weighted by atomic mass is 9.79. The van der Waals surface area contributed by atoms with Crippen LogP contribution in [0.15, 0.2) is 17.9 Å². The highest BCUT2D eigenvalue weighted by Crippen LogP contribution is 2.46. The molecule has 1 heterocycles. The van der Waals surface area contributed by atoms with E-state index in [9.17, 15) is 13.2 Å². The number of likely N-dealkylation sites (N-methyl/N-ethyl adjacent to an activating group) is 1. The van der Waals surface area contributed by atoms with Gasteiger partial charge in [0.1, 0.15) is 0 Å². The molecule has 2 aliphatic rings. The summed E-state index contributed by atoms with van der Waals surface area (Å²) in [5.74, 6) is -0.247. The molecule has 1 aliphatic carbocycles. The first-order chi connectivity index (χ1) is 12.5. The fourth-order valence-electron chi connectivity index (χ4n) is 4.33. The SMILES string of the molecule is Cc1cc(C)c(C2=C(OS(C)(=O)=O)C3(CCCCC3)ON(C)C2=O)c(C)c1. The molecule has 0 atom stereocenters. The van der Waals surface area contributed by atoms with Crippen LogP contribution in [0.4, 0.5) is 0 Å². The summed E-state index contributed by atoms with van der Waals surface area (Å²) in [4.78, 5) is 19.1. The molecule has 148 valence electrons. The number of amides is 1. The molecule has 7 heteroatoms. The van der Waals surface area contributed by atoms with Gasteiger partial charge in [-0.3, -0.25) is 9.63 Å².